The van der Waals surface area contributed by atoms with Crippen molar-refractivity contribution < 1.29 is 14.3 Å². The van der Waals surface area contributed by atoms with Crippen LogP contribution in [0.25, 0.3) is 0 Å². The number of carbonyl (C=O) groups excluding carboxylic acids is 2. The van der Waals surface area contributed by atoms with E-state index < -0.39 is 11.6 Å². The molecule has 2 aliphatic rings. The van der Waals surface area contributed by atoms with Crippen LogP contribution in [0.3, 0.4) is 0 Å². The van der Waals surface area contributed by atoms with Gasteiger partial charge in [0.25, 0.3) is 5.91 Å². The van der Waals surface area contributed by atoms with Crippen molar-refractivity contribution >= 4 is 17.6 Å². The number of nitrogens with one attached hydrogen (secondary N) is 3. The fraction of sp³-hybridized carbons (Fsp3) is 0.333. The predicted octanol–water partition coefficient (Wildman–Crippen LogP) is 0.545. The average Bonchev–Trinajstić information content (AvgIpc) is 2.65. The molecule has 0 aliphatic carbocycles. The normalized spacial score (nSPS) is 25.2. The molecule has 1 saturated heterocycles. The summed E-state index contributed by atoms with van der Waals surface area (Å²) >= 11 is 0. The molecule has 3 N–H and O–H groups in total. The molecule has 2 heterocycles. The first kappa shape index (κ1) is 10.9. The van der Waals surface area contributed by atoms with Crippen molar-refractivity contribution in [3.05, 3.63) is 23.8 Å². The Morgan fingerprint density at radius 2 is 2.17 bits per heavy atom. The topological polar surface area (TPSA) is 79.5 Å². The number of carbonyl (C=O) groups is 2. The molecular formula is C12H13N3O3. The molecule has 1 spiro atoms. The van der Waals surface area contributed by atoms with E-state index in [2.05, 4.69) is 16.0 Å². The van der Waals surface area contributed by atoms with Crippen LogP contribution in [0, 0.1) is 0 Å². The molecule has 18 heavy (non-hydrogen) atoms. The number of ether oxygens (including phenoxy) is 1. The van der Waals surface area contributed by atoms with Gasteiger partial charge in [-0.05, 0) is 6.07 Å². The third kappa shape index (κ3) is 1.28. The first-order valence-electron chi connectivity index (χ1n) is 5.72. The first-order chi connectivity index (χ1) is 8.67. The van der Waals surface area contributed by atoms with Gasteiger partial charge in [-0.2, -0.15) is 0 Å². The highest BCUT2D eigenvalue weighted by atomic mass is 16.5. The number of benzene rings is 1. The molecule has 0 radical (unpaired) electrons. The van der Waals surface area contributed by atoms with Crippen molar-refractivity contribution in [1.29, 1.82) is 0 Å². The number of methoxy groups -OCH3 is 1. The Hall–Kier alpha value is -2.24. The molecule has 1 atom stereocenters. The molecule has 0 bridgehead atoms. The molecule has 1 aromatic carbocycles. The number of rotatable bonds is 1. The Balaban J connectivity index is 2.18. The number of imide groups is 1. The van der Waals surface area contributed by atoms with Crippen LogP contribution in [0.2, 0.25) is 0 Å². The van der Waals surface area contributed by atoms with Gasteiger partial charge in [0.1, 0.15) is 11.3 Å². The molecule has 1 aromatic rings. The highest BCUT2D eigenvalue weighted by Gasteiger charge is 2.50. The summed E-state index contributed by atoms with van der Waals surface area (Å²) in [6.07, 6.45) is 0.519. The van der Waals surface area contributed by atoms with Crippen molar-refractivity contribution in [3.63, 3.8) is 0 Å². The fourth-order valence-corrected chi connectivity index (χ4v) is 2.61. The highest BCUT2D eigenvalue weighted by molar-refractivity contribution is 6.08. The van der Waals surface area contributed by atoms with Crippen molar-refractivity contribution in [2.75, 3.05) is 19.0 Å². The predicted molar refractivity (Wildman–Crippen MR) is 64.5 cm³/mol. The van der Waals surface area contributed by atoms with E-state index >= 15 is 0 Å². The summed E-state index contributed by atoms with van der Waals surface area (Å²) in [7, 11) is 1.58. The maximum absolute atomic E-state index is 12.1. The molecule has 0 aromatic heterocycles. The molecule has 6 heteroatoms. The van der Waals surface area contributed by atoms with Gasteiger partial charge < -0.3 is 15.4 Å². The third-order valence-electron chi connectivity index (χ3n) is 3.45. The van der Waals surface area contributed by atoms with E-state index in [1.54, 1.807) is 7.11 Å². The lowest BCUT2D eigenvalue weighted by atomic mass is 9.82. The number of para-hydroxylation sites is 1. The Bertz CT molecular complexity index is 543. The first-order valence-corrected chi connectivity index (χ1v) is 5.72. The minimum atomic E-state index is -0.966. The number of anilines is 1. The summed E-state index contributed by atoms with van der Waals surface area (Å²) in [5.41, 5.74) is 0.548. The van der Waals surface area contributed by atoms with E-state index in [0.717, 1.165) is 11.3 Å². The lowest BCUT2D eigenvalue weighted by Gasteiger charge is -2.34. The molecule has 6 nitrogen and oxygen atoms in total. The van der Waals surface area contributed by atoms with Crippen LogP contribution in [-0.4, -0.2) is 25.6 Å². The van der Waals surface area contributed by atoms with Crippen LogP contribution in [0.1, 0.15) is 12.0 Å². The third-order valence-corrected chi connectivity index (χ3v) is 3.45. The van der Waals surface area contributed by atoms with Crippen molar-refractivity contribution in [2.24, 2.45) is 0 Å². The van der Waals surface area contributed by atoms with Crippen LogP contribution in [0.5, 0.6) is 5.75 Å². The van der Waals surface area contributed by atoms with Gasteiger partial charge in [0.15, 0.2) is 0 Å². The van der Waals surface area contributed by atoms with Crippen molar-refractivity contribution in [1.82, 2.24) is 10.6 Å². The van der Waals surface area contributed by atoms with Crippen LogP contribution in [0.15, 0.2) is 18.2 Å². The van der Waals surface area contributed by atoms with Gasteiger partial charge in [0.2, 0.25) is 0 Å². The summed E-state index contributed by atoms with van der Waals surface area (Å²) in [6, 6.07) is 5.01. The maximum Gasteiger partial charge on any atom is 0.322 e. The minimum absolute atomic E-state index is 0.302. The standard InChI is InChI=1S/C12H13N3O3/c1-18-8-4-2-3-7-9(8)13-6-5-12(7)10(16)14-11(17)15-12/h2-4,13H,5-6H2,1H3,(H2,14,15,16,17). The van der Waals surface area contributed by atoms with Crippen LogP contribution >= 0.6 is 0 Å². The molecule has 2 aliphatic heterocycles. The Morgan fingerprint density at radius 1 is 1.33 bits per heavy atom. The zero-order chi connectivity index (χ0) is 12.8. The molecule has 94 valence electrons. The average molecular weight is 247 g/mol. The van der Waals surface area contributed by atoms with E-state index in [1.165, 1.54) is 0 Å². The second-order valence-electron chi connectivity index (χ2n) is 4.37. The van der Waals surface area contributed by atoms with E-state index in [0.29, 0.717) is 18.7 Å². The van der Waals surface area contributed by atoms with Crippen molar-refractivity contribution in [2.45, 2.75) is 12.0 Å². The summed E-state index contributed by atoms with van der Waals surface area (Å²) in [5, 5.41) is 8.24. The van der Waals surface area contributed by atoms with Gasteiger partial charge >= 0.3 is 6.03 Å². The molecular weight excluding hydrogens is 234 g/mol. The Kier molecular flexibility index (Phi) is 2.19. The van der Waals surface area contributed by atoms with E-state index in [4.69, 9.17) is 4.74 Å². The molecule has 0 saturated carbocycles. The van der Waals surface area contributed by atoms with E-state index in [1.807, 2.05) is 18.2 Å². The van der Waals surface area contributed by atoms with Crippen LogP contribution < -0.4 is 20.7 Å². The second-order valence-corrected chi connectivity index (χ2v) is 4.37. The molecule has 1 fully saturated rings. The van der Waals surface area contributed by atoms with E-state index in [9.17, 15) is 9.59 Å². The van der Waals surface area contributed by atoms with Crippen molar-refractivity contribution in [3.8, 4) is 5.75 Å². The largest absolute Gasteiger partial charge is 0.495 e. The van der Waals surface area contributed by atoms with Gasteiger partial charge in [-0.25, -0.2) is 4.79 Å². The summed E-state index contributed by atoms with van der Waals surface area (Å²) in [6.45, 7) is 0.598. The number of fused-ring (bicyclic) bond motifs is 2. The van der Waals surface area contributed by atoms with E-state index in [-0.39, 0.29) is 5.91 Å². The number of urea groups is 1. The van der Waals surface area contributed by atoms with Crippen LogP contribution in [-0.2, 0) is 10.3 Å². The van der Waals surface area contributed by atoms with Gasteiger partial charge in [-0.15, -0.1) is 0 Å². The summed E-state index contributed by atoms with van der Waals surface area (Å²) < 4.78 is 5.27. The number of hydrogen-bond acceptors (Lipinski definition) is 4. The quantitative estimate of drug-likeness (QED) is 0.633. The number of amides is 3. The van der Waals surface area contributed by atoms with Gasteiger partial charge in [0, 0.05) is 18.5 Å². The lowest BCUT2D eigenvalue weighted by Crippen LogP contribution is -2.48. The molecule has 1 unspecified atom stereocenters. The second kappa shape index (κ2) is 3.63. The fourth-order valence-electron chi connectivity index (χ4n) is 2.61. The maximum atomic E-state index is 12.1. The summed E-state index contributed by atoms with van der Waals surface area (Å²) in [4.78, 5) is 23.5. The van der Waals surface area contributed by atoms with Gasteiger partial charge in [-0.3, -0.25) is 10.1 Å². The lowest BCUT2D eigenvalue weighted by molar-refractivity contribution is -0.124. The zero-order valence-corrected chi connectivity index (χ0v) is 9.87. The van der Waals surface area contributed by atoms with Gasteiger partial charge in [0.05, 0.1) is 12.8 Å². The SMILES string of the molecule is COc1cccc2c1NCCC21NC(=O)NC1=O. The molecule has 3 rings (SSSR count). The number of hydrogen-bond donors (Lipinski definition) is 3. The highest BCUT2D eigenvalue weighted by Crippen LogP contribution is 2.41. The summed E-state index contributed by atoms with van der Waals surface area (Å²) in [5.74, 6) is 0.365. The monoisotopic (exact) mass is 247 g/mol. The Labute approximate surface area is 104 Å². The van der Waals surface area contributed by atoms with Gasteiger partial charge in [-0.1, -0.05) is 12.1 Å². The minimum Gasteiger partial charge on any atom is -0.495 e. The molecule has 3 amide bonds. The zero-order valence-electron chi connectivity index (χ0n) is 9.87. The Morgan fingerprint density at radius 3 is 2.83 bits per heavy atom. The van der Waals surface area contributed by atoms with Crippen LogP contribution in [0.4, 0.5) is 10.5 Å². The smallest absolute Gasteiger partial charge is 0.322 e.